The van der Waals surface area contributed by atoms with Gasteiger partial charge in [-0.1, -0.05) is 0 Å². The minimum Gasteiger partial charge on any atom is -0.406 e. The number of alkyl halides is 3. The molecule has 0 saturated carbocycles. The molecule has 0 spiro atoms. The van der Waals surface area contributed by atoms with Gasteiger partial charge in [0.15, 0.2) is 0 Å². The first kappa shape index (κ1) is 27.0. The molecule has 0 aliphatic carbocycles. The van der Waals surface area contributed by atoms with Crippen LogP contribution in [0.5, 0.6) is 5.75 Å². The van der Waals surface area contributed by atoms with Gasteiger partial charge in [0.2, 0.25) is 5.91 Å². The molecule has 4 rings (SSSR count). The molecule has 3 aromatic rings. The predicted molar refractivity (Wildman–Crippen MR) is 137 cm³/mol. The molecule has 14 heteroatoms. The molecule has 38 heavy (non-hydrogen) atoms. The number of carbonyl (C=O) groups excluding carboxylic acids is 1. The summed E-state index contributed by atoms with van der Waals surface area (Å²) in [5.41, 5.74) is 1.41. The number of anilines is 3. The van der Waals surface area contributed by atoms with E-state index in [0.29, 0.717) is 31.9 Å². The summed E-state index contributed by atoms with van der Waals surface area (Å²) in [4.78, 5) is 25.9. The molecule has 0 radical (unpaired) electrons. The van der Waals surface area contributed by atoms with Gasteiger partial charge in [0.25, 0.3) is 10.0 Å². The van der Waals surface area contributed by atoms with Crippen molar-refractivity contribution < 1.29 is 32.5 Å². The van der Waals surface area contributed by atoms with Gasteiger partial charge in [-0.15, -0.1) is 13.2 Å². The van der Waals surface area contributed by atoms with Crippen LogP contribution in [0.2, 0.25) is 0 Å². The fourth-order valence-corrected chi connectivity index (χ4v) is 4.90. The molecule has 1 aromatic heterocycles. The summed E-state index contributed by atoms with van der Waals surface area (Å²) in [5.74, 6) is -0.271. The summed E-state index contributed by atoms with van der Waals surface area (Å²) in [5, 5.41) is 0. The molecule has 1 aliphatic rings. The van der Waals surface area contributed by atoms with Gasteiger partial charge in [-0.3, -0.25) is 9.52 Å². The second-order valence-electron chi connectivity index (χ2n) is 8.46. The van der Waals surface area contributed by atoms with E-state index in [4.69, 9.17) is 0 Å². The molecule has 10 nitrogen and oxygen atoms in total. The topological polar surface area (TPSA) is 108 Å². The smallest absolute Gasteiger partial charge is 0.406 e. The number of ether oxygens (including phenoxy) is 1. The number of likely N-dealkylation sites (N-methyl/N-ethyl adjacent to an activating group) is 1. The van der Waals surface area contributed by atoms with Crippen molar-refractivity contribution in [2.45, 2.75) is 11.3 Å². The second kappa shape index (κ2) is 11.1. The first-order chi connectivity index (χ1) is 18.0. The maximum absolute atomic E-state index is 12.8. The highest BCUT2D eigenvalue weighted by Crippen LogP contribution is 2.25. The number of aromatic nitrogens is 2. The Morgan fingerprint density at radius 2 is 1.71 bits per heavy atom. The van der Waals surface area contributed by atoms with Crippen molar-refractivity contribution in [3.05, 3.63) is 67.1 Å². The lowest BCUT2D eigenvalue weighted by Crippen LogP contribution is -2.51. The van der Waals surface area contributed by atoms with Crippen LogP contribution in [0.1, 0.15) is 1.43 Å². The van der Waals surface area contributed by atoms with Gasteiger partial charge in [0, 0.05) is 52.2 Å². The zero-order valence-electron chi connectivity index (χ0n) is 20.3. The Kier molecular flexibility index (Phi) is 7.90. The predicted octanol–water partition coefficient (Wildman–Crippen LogP) is 3.21. The van der Waals surface area contributed by atoms with Crippen molar-refractivity contribution in [2.24, 2.45) is 0 Å². The van der Waals surface area contributed by atoms with Crippen molar-refractivity contribution in [3.63, 3.8) is 0 Å². The third-order valence-corrected chi connectivity index (χ3v) is 7.22. The molecule has 0 bridgehead atoms. The van der Waals surface area contributed by atoms with E-state index in [1.807, 2.05) is 0 Å². The molecule has 1 fully saturated rings. The largest absolute Gasteiger partial charge is 0.573 e. The van der Waals surface area contributed by atoms with E-state index in [1.54, 1.807) is 29.0 Å². The van der Waals surface area contributed by atoms with Crippen molar-refractivity contribution in [2.75, 3.05) is 54.3 Å². The monoisotopic (exact) mass is 552 g/mol. The maximum atomic E-state index is 12.8. The van der Waals surface area contributed by atoms with E-state index in [2.05, 4.69) is 24.3 Å². The van der Waals surface area contributed by atoms with Crippen LogP contribution in [-0.2, 0) is 14.8 Å². The van der Waals surface area contributed by atoms with Crippen LogP contribution in [0, 0.1) is 0 Å². The summed E-state index contributed by atoms with van der Waals surface area (Å²) >= 11 is 0. The zero-order chi connectivity index (χ0) is 27.3. The van der Waals surface area contributed by atoms with Crippen molar-refractivity contribution in [1.29, 1.82) is 0 Å². The SMILES string of the molecule is CN(CC(=O)N1CCN(c2ccc(S(=O)(=O)Nc3ccncn3)cc2)CC1)c1ccc(OC(F)(F)F)cc1.[HH]. The number of hydrogen-bond donors (Lipinski definition) is 1. The van der Waals surface area contributed by atoms with Crippen molar-refractivity contribution in [3.8, 4) is 5.75 Å². The van der Waals surface area contributed by atoms with Crippen LogP contribution in [0.15, 0.2) is 72.0 Å². The highest BCUT2D eigenvalue weighted by molar-refractivity contribution is 7.92. The lowest BCUT2D eigenvalue weighted by atomic mass is 10.2. The van der Waals surface area contributed by atoms with Gasteiger partial charge in [0.1, 0.15) is 17.9 Å². The molecular weight excluding hydrogens is 525 g/mol. The minimum absolute atomic E-state index is 0. The maximum Gasteiger partial charge on any atom is 0.573 e. The third kappa shape index (κ3) is 7.03. The van der Waals surface area contributed by atoms with E-state index in [0.717, 1.165) is 5.69 Å². The van der Waals surface area contributed by atoms with Crippen molar-refractivity contribution >= 4 is 33.1 Å². The first-order valence-electron chi connectivity index (χ1n) is 11.5. The highest BCUT2D eigenvalue weighted by Gasteiger charge is 2.31. The lowest BCUT2D eigenvalue weighted by molar-refractivity contribution is -0.274. The number of hydrogen-bond acceptors (Lipinski definition) is 8. The van der Waals surface area contributed by atoms with Crippen LogP contribution in [-0.4, -0.2) is 75.3 Å². The van der Waals surface area contributed by atoms with E-state index in [9.17, 15) is 26.4 Å². The summed E-state index contributed by atoms with van der Waals surface area (Å²) < 4.78 is 68.4. The lowest BCUT2D eigenvalue weighted by Gasteiger charge is -2.37. The number of piperazine rings is 1. The number of nitrogens with zero attached hydrogens (tertiary/aromatic N) is 5. The van der Waals surface area contributed by atoms with Gasteiger partial charge >= 0.3 is 6.36 Å². The molecular formula is C24H27F3N6O4S. The number of rotatable bonds is 8. The van der Waals surface area contributed by atoms with E-state index >= 15 is 0 Å². The van der Waals surface area contributed by atoms with Gasteiger partial charge in [0.05, 0.1) is 11.4 Å². The summed E-state index contributed by atoms with van der Waals surface area (Å²) in [7, 11) is -2.12. The summed E-state index contributed by atoms with van der Waals surface area (Å²) in [6, 6.07) is 13.2. The summed E-state index contributed by atoms with van der Waals surface area (Å²) in [6.07, 6.45) is -2.08. The molecule has 1 saturated heterocycles. The molecule has 0 unspecified atom stereocenters. The van der Waals surface area contributed by atoms with Crippen molar-refractivity contribution in [1.82, 2.24) is 14.9 Å². The molecule has 1 amide bonds. The van der Waals surface area contributed by atoms with Gasteiger partial charge < -0.3 is 19.4 Å². The number of benzene rings is 2. The Morgan fingerprint density at radius 3 is 2.29 bits per heavy atom. The van der Waals surface area contributed by atoms with E-state index in [1.165, 1.54) is 55.0 Å². The summed E-state index contributed by atoms with van der Waals surface area (Å²) in [6.45, 7) is 2.13. The van der Waals surface area contributed by atoms with Crippen LogP contribution in [0.3, 0.4) is 0 Å². The zero-order valence-corrected chi connectivity index (χ0v) is 21.1. The van der Waals surface area contributed by atoms with Crippen LogP contribution < -0.4 is 19.3 Å². The second-order valence-corrected chi connectivity index (χ2v) is 10.1. The Balaban J connectivity index is 0.00000420. The van der Waals surface area contributed by atoms with E-state index < -0.39 is 16.4 Å². The molecule has 0 atom stereocenters. The van der Waals surface area contributed by atoms with Gasteiger partial charge in [-0.05, 0) is 54.6 Å². The number of sulfonamides is 1. The standard InChI is InChI=1S/C24H25F3N6O4S.H2/c1-31(18-2-6-20(7-3-18)37-24(25,26)27)16-23(34)33-14-12-32(13-15-33)19-4-8-21(9-5-19)38(35,36)30-22-10-11-28-17-29-22;/h2-11,17H,12-16H2,1H3,(H,28,29,30);1H. The third-order valence-electron chi connectivity index (χ3n) is 5.85. The molecule has 2 aromatic carbocycles. The molecule has 1 aliphatic heterocycles. The number of amides is 1. The number of nitrogens with one attached hydrogen (secondary N) is 1. The van der Waals surface area contributed by atoms with Gasteiger partial charge in [-0.2, -0.15) is 0 Å². The Labute approximate surface area is 219 Å². The number of carbonyl (C=O) groups is 1. The van der Waals surface area contributed by atoms with Crippen LogP contribution in [0.4, 0.5) is 30.4 Å². The van der Waals surface area contributed by atoms with Crippen LogP contribution >= 0.6 is 0 Å². The molecule has 1 N–H and O–H groups in total. The Bertz CT molecular complexity index is 1340. The first-order valence-corrected chi connectivity index (χ1v) is 13.0. The normalized spacial score (nSPS) is 14.2. The molecule has 2 heterocycles. The minimum atomic E-state index is -4.76. The Morgan fingerprint density at radius 1 is 1.05 bits per heavy atom. The average Bonchev–Trinajstić information content (AvgIpc) is 2.88. The quantitative estimate of drug-likeness (QED) is 0.454. The van der Waals surface area contributed by atoms with Gasteiger partial charge in [-0.25, -0.2) is 18.4 Å². The molecule has 204 valence electrons. The number of halogens is 3. The van der Waals surface area contributed by atoms with Crippen LogP contribution in [0.25, 0.3) is 0 Å². The average molecular weight is 553 g/mol. The highest BCUT2D eigenvalue weighted by atomic mass is 32.2. The van der Waals surface area contributed by atoms with E-state index in [-0.39, 0.29) is 30.3 Å². The fourth-order valence-electron chi connectivity index (χ4n) is 3.89. The Hall–Kier alpha value is -4.07. The fraction of sp³-hybridized carbons (Fsp3) is 0.292.